The Morgan fingerprint density at radius 2 is 2.05 bits per heavy atom. The Labute approximate surface area is 128 Å². The Morgan fingerprint density at radius 3 is 2.71 bits per heavy atom. The molecule has 0 aliphatic rings. The molecule has 108 valence electrons. The van der Waals surface area contributed by atoms with Crippen molar-refractivity contribution in [2.45, 2.75) is 9.96 Å². The van der Waals surface area contributed by atoms with E-state index in [1.165, 1.54) is 0 Å². The fourth-order valence-corrected chi connectivity index (χ4v) is 4.06. The van der Waals surface area contributed by atoms with E-state index in [-0.39, 0.29) is 14.9 Å². The molecule has 0 radical (unpaired) electrons. The first-order valence-corrected chi connectivity index (χ1v) is 8.54. The average molecular weight is 340 g/mol. The lowest BCUT2D eigenvalue weighted by Crippen LogP contribution is -2.05. The van der Waals surface area contributed by atoms with Gasteiger partial charge in [0.2, 0.25) is 15.7 Å². The minimum absolute atomic E-state index is 0.00686. The zero-order valence-corrected chi connectivity index (χ0v) is 12.8. The molecular formula is C11H8N4O3S3. The first-order valence-electron chi connectivity index (χ1n) is 5.71. The summed E-state index contributed by atoms with van der Waals surface area (Å²) in [5.74, 6) is -0.392. The predicted octanol–water partition coefficient (Wildman–Crippen LogP) is 2.22. The molecular weight excluding hydrogens is 332 g/mol. The third kappa shape index (κ3) is 2.91. The van der Waals surface area contributed by atoms with Crippen LogP contribution in [0.1, 0.15) is 5.89 Å². The molecule has 0 saturated carbocycles. The Bertz CT molecular complexity index is 911. The molecule has 0 spiro atoms. The standard InChI is InChI=1S/C11H8N4O3S3/c16-21(17,6-8-12-14-11(19)18-8)10-9(13-15-20-10)7-4-2-1-3-5-7/h1-5H,6H2,(H,14,19). The van der Waals surface area contributed by atoms with Crippen molar-refractivity contribution in [1.29, 1.82) is 0 Å². The number of hydrogen-bond donors (Lipinski definition) is 1. The van der Waals surface area contributed by atoms with Gasteiger partial charge in [-0.15, -0.1) is 10.2 Å². The van der Waals surface area contributed by atoms with Crippen LogP contribution in [-0.4, -0.2) is 28.2 Å². The second-order valence-corrected chi connectivity index (χ2v) is 7.35. The van der Waals surface area contributed by atoms with Crippen LogP contribution in [0.2, 0.25) is 0 Å². The summed E-state index contributed by atoms with van der Waals surface area (Å²) in [7, 11) is -3.66. The van der Waals surface area contributed by atoms with Crippen molar-refractivity contribution in [3.8, 4) is 11.3 Å². The monoisotopic (exact) mass is 340 g/mol. The Morgan fingerprint density at radius 1 is 1.29 bits per heavy atom. The van der Waals surface area contributed by atoms with Crippen LogP contribution in [0.25, 0.3) is 11.3 Å². The summed E-state index contributed by atoms with van der Waals surface area (Å²) in [4.78, 5) is 0.0333. The highest BCUT2D eigenvalue weighted by Gasteiger charge is 2.26. The number of nitrogens with zero attached hydrogens (tertiary/aromatic N) is 3. The molecule has 0 aliphatic heterocycles. The summed E-state index contributed by atoms with van der Waals surface area (Å²) in [6.45, 7) is 0. The van der Waals surface area contributed by atoms with E-state index in [1.54, 1.807) is 24.3 Å². The molecule has 3 aromatic rings. The number of benzene rings is 1. The van der Waals surface area contributed by atoms with Crippen LogP contribution in [0, 0.1) is 4.84 Å². The van der Waals surface area contributed by atoms with Crippen LogP contribution >= 0.6 is 23.8 Å². The topological polar surface area (TPSA) is 102 Å². The first kappa shape index (κ1) is 14.0. The van der Waals surface area contributed by atoms with Crippen LogP contribution in [0.3, 0.4) is 0 Å². The maximum Gasteiger partial charge on any atom is 0.284 e. The number of H-pyrrole nitrogens is 1. The minimum Gasteiger partial charge on any atom is -0.413 e. The smallest absolute Gasteiger partial charge is 0.284 e. The number of aromatic amines is 1. The molecule has 3 rings (SSSR count). The van der Waals surface area contributed by atoms with Crippen molar-refractivity contribution in [3.63, 3.8) is 0 Å². The summed E-state index contributed by atoms with van der Waals surface area (Å²) in [5, 5.41) is 10.0. The van der Waals surface area contributed by atoms with Gasteiger partial charge in [-0.1, -0.05) is 34.8 Å². The SMILES string of the molecule is O=S(=O)(Cc1n[nH]c(=S)o1)c1snnc1-c1ccccc1. The van der Waals surface area contributed by atoms with Gasteiger partial charge in [0.15, 0.2) is 4.21 Å². The average Bonchev–Trinajstić information content (AvgIpc) is 3.09. The summed E-state index contributed by atoms with van der Waals surface area (Å²) in [6.07, 6.45) is 0. The lowest BCUT2D eigenvalue weighted by atomic mass is 10.2. The van der Waals surface area contributed by atoms with E-state index in [1.807, 2.05) is 6.07 Å². The van der Waals surface area contributed by atoms with Crippen molar-refractivity contribution >= 4 is 33.6 Å². The first-order chi connectivity index (χ1) is 10.1. The van der Waals surface area contributed by atoms with Crippen molar-refractivity contribution in [3.05, 3.63) is 41.1 Å². The van der Waals surface area contributed by atoms with E-state index < -0.39 is 15.6 Å². The van der Waals surface area contributed by atoms with Crippen molar-refractivity contribution in [2.75, 3.05) is 0 Å². The van der Waals surface area contributed by atoms with E-state index in [9.17, 15) is 8.42 Å². The second kappa shape index (κ2) is 5.47. The van der Waals surface area contributed by atoms with Crippen molar-refractivity contribution < 1.29 is 12.8 Å². The number of rotatable bonds is 4. The van der Waals surface area contributed by atoms with Gasteiger partial charge in [0.25, 0.3) is 4.84 Å². The Balaban J connectivity index is 2.01. The van der Waals surface area contributed by atoms with E-state index in [4.69, 9.17) is 16.6 Å². The zero-order chi connectivity index (χ0) is 14.9. The summed E-state index contributed by atoms with van der Waals surface area (Å²) in [6, 6.07) is 8.99. The maximum absolute atomic E-state index is 12.4. The molecule has 0 amide bonds. The Hall–Kier alpha value is -1.91. The third-order valence-electron chi connectivity index (χ3n) is 2.58. The molecule has 0 bridgehead atoms. The second-order valence-electron chi connectivity index (χ2n) is 4.04. The van der Waals surface area contributed by atoms with E-state index in [0.29, 0.717) is 11.3 Å². The van der Waals surface area contributed by atoms with Gasteiger partial charge in [-0.2, -0.15) is 0 Å². The number of sulfone groups is 1. The molecule has 0 unspecified atom stereocenters. The van der Waals surface area contributed by atoms with Crippen LogP contribution in [0.4, 0.5) is 0 Å². The lowest BCUT2D eigenvalue weighted by Gasteiger charge is -2.01. The van der Waals surface area contributed by atoms with Gasteiger partial charge in [0, 0.05) is 17.1 Å². The normalized spacial score (nSPS) is 11.6. The largest absolute Gasteiger partial charge is 0.413 e. The van der Waals surface area contributed by atoms with Gasteiger partial charge in [-0.25, -0.2) is 13.5 Å². The minimum atomic E-state index is -3.66. The molecule has 2 aromatic heterocycles. The van der Waals surface area contributed by atoms with Gasteiger partial charge in [-0.3, -0.25) is 0 Å². The molecule has 0 fully saturated rings. The van der Waals surface area contributed by atoms with Crippen LogP contribution in [0.15, 0.2) is 39.0 Å². The van der Waals surface area contributed by atoms with Crippen LogP contribution in [-0.2, 0) is 15.6 Å². The molecule has 0 atom stereocenters. The molecule has 1 aromatic carbocycles. The third-order valence-corrected chi connectivity index (χ3v) is 5.65. The molecule has 2 heterocycles. The number of aromatic nitrogens is 4. The Kier molecular flexibility index (Phi) is 3.66. The van der Waals surface area contributed by atoms with Gasteiger partial charge in [-0.05, 0) is 12.2 Å². The highest BCUT2D eigenvalue weighted by molar-refractivity contribution is 7.92. The van der Waals surface area contributed by atoms with Crippen molar-refractivity contribution in [2.24, 2.45) is 0 Å². The summed E-state index contributed by atoms with van der Waals surface area (Å²) in [5.41, 5.74) is 1.02. The summed E-state index contributed by atoms with van der Waals surface area (Å²) < 4.78 is 33.7. The molecule has 7 nitrogen and oxygen atoms in total. The van der Waals surface area contributed by atoms with Gasteiger partial charge >= 0.3 is 0 Å². The van der Waals surface area contributed by atoms with Crippen LogP contribution < -0.4 is 0 Å². The quantitative estimate of drug-likeness (QED) is 0.727. The molecule has 0 aliphatic carbocycles. The van der Waals surface area contributed by atoms with Gasteiger partial charge in [0.05, 0.1) is 0 Å². The van der Waals surface area contributed by atoms with Crippen LogP contribution in [0.5, 0.6) is 0 Å². The summed E-state index contributed by atoms with van der Waals surface area (Å²) >= 11 is 5.55. The van der Waals surface area contributed by atoms with E-state index in [2.05, 4.69) is 19.8 Å². The van der Waals surface area contributed by atoms with E-state index >= 15 is 0 Å². The zero-order valence-electron chi connectivity index (χ0n) is 10.4. The van der Waals surface area contributed by atoms with Gasteiger partial charge < -0.3 is 4.42 Å². The molecule has 21 heavy (non-hydrogen) atoms. The van der Waals surface area contributed by atoms with Gasteiger partial charge in [0.1, 0.15) is 11.4 Å². The van der Waals surface area contributed by atoms with Crippen molar-refractivity contribution in [1.82, 2.24) is 19.8 Å². The maximum atomic E-state index is 12.4. The highest BCUT2D eigenvalue weighted by Crippen LogP contribution is 2.29. The predicted molar refractivity (Wildman–Crippen MR) is 77.9 cm³/mol. The number of hydrogen-bond acceptors (Lipinski definition) is 8. The highest BCUT2D eigenvalue weighted by atomic mass is 32.2. The molecule has 10 heteroatoms. The fraction of sp³-hybridized carbons (Fsp3) is 0.0909. The molecule has 1 N–H and O–H groups in total. The lowest BCUT2D eigenvalue weighted by molar-refractivity contribution is 0.494. The van der Waals surface area contributed by atoms with E-state index in [0.717, 1.165) is 11.5 Å². The fourth-order valence-electron chi connectivity index (χ4n) is 1.71. The molecule has 0 saturated heterocycles. The number of nitrogens with one attached hydrogen (secondary N) is 1.